The predicted molar refractivity (Wildman–Crippen MR) is 119 cm³/mol. The number of nitrogens with one attached hydrogen (secondary N) is 2. The van der Waals surface area contributed by atoms with Crippen LogP contribution in [0.4, 0.5) is 5.82 Å². The molecule has 0 fully saturated rings. The van der Waals surface area contributed by atoms with Crippen LogP contribution in [0, 0.1) is 6.92 Å². The number of nitrogens with zero attached hydrogens (tertiary/aromatic N) is 6. The van der Waals surface area contributed by atoms with Crippen LogP contribution in [0.25, 0.3) is 0 Å². The average molecular weight is 467 g/mol. The van der Waals surface area contributed by atoms with E-state index < -0.39 is 0 Å². The van der Waals surface area contributed by atoms with Crippen LogP contribution in [0.15, 0.2) is 69.2 Å². The van der Waals surface area contributed by atoms with E-state index in [0.717, 1.165) is 10.6 Å². The molecule has 0 saturated heterocycles. The molecule has 0 aliphatic carbocycles. The largest absolute Gasteiger partial charge is 0.497 e. The Hall–Kier alpha value is -3.51. The molecule has 3 aromatic heterocycles. The molecule has 0 aliphatic heterocycles. The Morgan fingerprint density at radius 1 is 1.09 bits per heavy atom. The van der Waals surface area contributed by atoms with Crippen molar-refractivity contribution < 1.29 is 9.53 Å². The number of hydrogen-bond acceptors (Lipinski definition) is 10. The molecule has 162 valence electrons. The molecular weight excluding hydrogens is 448 g/mol. The first-order valence-electron chi connectivity index (χ1n) is 9.39. The summed E-state index contributed by atoms with van der Waals surface area (Å²) in [4.78, 5) is 35.1. The average Bonchev–Trinajstić information content (AvgIpc) is 3.21. The van der Waals surface area contributed by atoms with Crippen molar-refractivity contribution in [2.75, 3.05) is 12.4 Å². The van der Waals surface area contributed by atoms with Crippen LogP contribution in [-0.4, -0.2) is 48.1 Å². The number of benzene rings is 1. The van der Waals surface area contributed by atoms with Gasteiger partial charge in [0.25, 0.3) is 0 Å². The summed E-state index contributed by atoms with van der Waals surface area (Å²) in [6.45, 7) is 1.82. The molecule has 0 atom stereocenters. The highest BCUT2D eigenvalue weighted by atomic mass is 32.2. The minimum Gasteiger partial charge on any atom is -0.497 e. The minimum atomic E-state index is -0.271. The van der Waals surface area contributed by atoms with Crippen LogP contribution in [0.1, 0.15) is 11.5 Å². The second kappa shape index (κ2) is 10.2. The summed E-state index contributed by atoms with van der Waals surface area (Å²) in [6, 6.07) is 7.58. The predicted octanol–water partition coefficient (Wildman–Crippen LogP) is 3.19. The standard InChI is InChI=1S/C20H18N8O2S2/c1-12-24-20(28-27-12)32-18-11-23-19(31-14-5-3-13(30-2)4-6-14)15(25-18)9-17(29)26-16-10-21-7-8-22-16/h3-8,10-11H,9H2,1-2H3,(H,22,26,29)(H,24,27,28). The first kappa shape index (κ1) is 21.7. The molecule has 32 heavy (non-hydrogen) atoms. The number of amides is 1. The Labute approximate surface area is 192 Å². The maximum absolute atomic E-state index is 12.6. The Morgan fingerprint density at radius 2 is 1.94 bits per heavy atom. The van der Waals surface area contributed by atoms with Gasteiger partial charge < -0.3 is 10.1 Å². The topological polar surface area (TPSA) is 131 Å². The third-order valence-corrected chi connectivity index (χ3v) is 5.80. The number of H-pyrrole nitrogens is 1. The third kappa shape index (κ3) is 5.80. The van der Waals surface area contributed by atoms with Crippen molar-refractivity contribution in [3.63, 3.8) is 0 Å². The van der Waals surface area contributed by atoms with Crippen LogP contribution < -0.4 is 10.1 Å². The molecule has 1 amide bonds. The lowest BCUT2D eigenvalue weighted by molar-refractivity contribution is -0.115. The smallest absolute Gasteiger partial charge is 0.231 e. The summed E-state index contributed by atoms with van der Waals surface area (Å²) >= 11 is 2.68. The van der Waals surface area contributed by atoms with E-state index in [1.165, 1.54) is 42.1 Å². The highest BCUT2D eigenvalue weighted by molar-refractivity contribution is 7.99. The molecule has 0 bridgehead atoms. The third-order valence-electron chi connectivity index (χ3n) is 3.99. The van der Waals surface area contributed by atoms with Crippen molar-refractivity contribution in [3.8, 4) is 5.75 Å². The van der Waals surface area contributed by atoms with Gasteiger partial charge in [0.15, 0.2) is 5.82 Å². The van der Waals surface area contributed by atoms with Gasteiger partial charge in [-0.05, 0) is 43.0 Å². The summed E-state index contributed by atoms with van der Waals surface area (Å²) in [5.41, 5.74) is 0.532. The highest BCUT2D eigenvalue weighted by Gasteiger charge is 2.16. The van der Waals surface area contributed by atoms with E-state index in [9.17, 15) is 4.79 Å². The Balaban J connectivity index is 1.57. The maximum atomic E-state index is 12.6. The van der Waals surface area contributed by atoms with E-state index >= 15 is 0 Å². The Bertz CT molecular complexity index is 1200. The lowest BCUT2D eigenvalue weighted by atomic mass is 10.3. The summed E-state index contributed by atoms with van der Waals surface area (Å²) in [7, 11) is 1.62. The number of ether oxygens (including phenoxy) is 1. The SMILES string of the molecule is COc1ccc(Sc2ncc(Sc3n[nH]c(C)n3)nc2CC(=O)Nc2cnccn2)cc1. The fourth-order valence-electron chi connectivity index (χ4n) is 2.57. The van der Waals surface area contributed by atoms with Gasteiger partial charge in [-0.15, -0.1) is 5.10 Å². The quantitative estimate of drug-likeness (QED) is 0.399. The second-order valence-electron chi connectivity index (χ2n) is 6.36. The molecule has 0 unspecified atom stereocenters. The molecule has 0 saturated carbocycles. The number of rotatable bonds is 8. The van der Waals surface area contributed by atoms with Gasteiger partial charge >= 0.3 is 0 Å². The van der Waals surface area contributed by atoms with Crippen molar-refractivity contribution in [3.05, 3.63) is 60.6 Å². The Kier molecular flexibility index (Phi) is 6.92. The molecule has 0 aliphatic rings. The summed E-state index contributed by atoms with van der Waals surface area (Å²) in [5.74, 6) is 1.57. The van der Waals surface area contributed by atoms with Gasteiger partial charge in [0.2, 0.25) is 11.1 Å². The molecule has 2 N–H and O–H groups in total. The number of aromatic amines is 1. The van der Waals surface area contributed by atoms with Gasteiger partial charge in [-0.3, -0.25) is 14.9 Å². The molecule has 4 rings (SSSR count). The minimum absolute atomic E-state index is 0.0173. The summed E-state index contributed by atoms with van der Waals surface area (Å²) in [5, 5.41) is 11.4. The van der Waals surface area contributed by atoms with Crippen molar-refractivity contribution in [1.82, 2.24) is 35.1 Å². The van der Waals surface area contributed by atoms with Crippen molar-refractivity contribution in [2.24, 2.45) is 0 Å². The zero-order valence-corrected chi connectivity index (χ0v) is 18.8. The number of hydrogen-bond donors (Lipinski definition) is 2. The molecule has 0 spiro atoms. The number of anilines is 1. The lowest BCUT2D eigenvalue weighted by Gasteiger charge is -2.10. The van der Waals surface area contributed by atoms with Crippen molar-refractivity contribution in [2.45, 2.75) is 33.4 Å². The van der Waals surface area contributed by atoms with Crippen LogP contribution in [0.2, 0.25) is 0 Å². The van der Waals surface area contributed by atoms with Crippen molar-refractivity contribution in [1.29, 1.82) is 0 Å². The van der Waals surface area contributed by atoms with E-state index in [0.29, 0.717) is 32.5 Å². The van der Waals surface area contributed by atoms with E-state index in [1.54, 1.807) is 13.3 Å². The fraction of sp³-hybridized carbons (Fsp3) is 0.150. The molecule has 0 radical (unpaired) electrons. The molecule has 4 aromatic rings. The van der Waals surface area contributed by atoms with Crippen LogP contribution in [0.3, 0.4) is 0 Å². The van der Waals surface area contributed by atoms with Crippen LogP contribution in [0.5, 0.6) is 5.75 Å². The van der Waals surface area contributed by atoms with E-state index in [4.69, 9.17) is 4.74 Å². The van der Waals surface area contributed by atoms with E-state index in [-0.39, 0.29) is 12.3 Å². The number of carbonyl (C=O) groups excluding carboxylic acids is 1. The molecular formula is C20H18N8O2S2. The number of aryl methyl sites for hydroxylation is 1. The fourth-order valence-corrected chi connectivity index (χ4v) is 4.13. The zero-order chi connectivity index (χ0) is 22.3. The van der Waals surface area contributed by atoms with Crippen LogP contribution in [-0.2, 0) is 11.2 Å². The molecule has 12 heteroatoms. The molecule has 3 heterocycles. The summed E-state index contributed by atoms with van der Waals surface area (Å²) in [6.07, 6.45) is 6.19. The van der Waals surface area contributed by atoms with Gasteiger partial charge in [0.1, 0.15) is 21.6 Å². The number of aromatic nitrogens is 7. The van der Waals surface area contributed by atoms with Gasteiger partial charge in [-0.25, -0.2) is 19.9 Å². The Morgan fingerprint density at radius 3 is 2.62 bits per heavy atom. The first-order valence-corrected chi connectivity index (χ1v) is 11.0. The van der Waals surface area contributed by atoms with E-state index in [2.05, 4.69) is 40.4 Å². The zero-order valence-electron chi connectivity index (χ0n) is 17.1. The summed E-state index contributed by atoms with van der Waals surface area (Å²) < 4.78 is 5.21. The molecule has 10 nitrogen and oxygen atoms in total. The lowest BCUT2D eigenvalue weighted by Crippen LogP contribution is -2.17. The van der Waals surface area contributed by atoms with Gasteiger partial charge in [-0.1, -0.05) is 11.8 Å². The monoisotopic (exact) mass is 466 g/mol. The van der Waals surface area contributed by atoms with E-state index in [1.807, 2.05) is 31.2 Å². The molecule has 1 aromatic carbocycles. The van der Waals surface area contributed by atoms with Gasteiger partial charge in [0.05, 0.1) is 31.6 Å². The maximum Gasteiger partial charge on any atom is 0.231 e. The highest BCUT2D eigenvalue weighted by Crippen LogP contribution is 2.31. The second-order valence-corrected chi connectivity index (χ2v) is 8.41. The first-order chi connectivity index (χ1) is 15.6. The van der Waals surface area contributed by atoms with Crippen molar-refractivity contribution >= 4 is 35.2 Å². The number of carbonyl (C=O) groups is 1. The van der Waals surface area contributed by atoms with Gasteiger partial charge in [0, 0.05) is 17.3 Å². The number of methoxy groups -OCH3 is 1. The normalized spacial score (nSPS) is 10.7. The van der Waals surface area contributed by atoms with Crippen LogP contribution >= 0.6 is 23.5 Å². The van der Waals surface area contributed by atoms with Gasteiger partial charge in [-0.2, -0.15) is 0 Å².